The van der Waals surface area contributed by atoms with Gasteiger partial charge < -0.3 is 10.6 Å². The van der Waals surface area contributed by atoms with Gasteiger partial charge in [-0.1, -0.05) is 26.2 Å². The Morgan fingerprint density at radius 2 is 2.04 bits per heavy atom. The Balaban J connectivity index is 1.46. The molecule has 0 aliphatic heterocycles. The van der Waals surface area contributed by atoms with Gasteiger partial charge in [-0.3, -0.25) is 4.79 Å². The average Bonchev–Trinajstić information content (AvgIpc) is 3.46. The number of rotatable bonds is 7. The molecule has 1 amide bonds. The molecule has 0 bridgehead atoms. The van der Waals surface area contributed by atoms with Crippen molar-refractivity contribution in [1.82, 2.24) is 25.1 Å². The van der Waals surface area contributed by atoms with Crippen molar-refractivity contribution >= 4 is 17.5 Å². The highest BCUT2D eigenvalue weighted by molar-refractivity contribution is 5.91. The maximum Gasteiger partial charge on any atom is 0.289 e. The van der Waals surface area contributed by atoms with E-state index in [1.807, 2.05) is 4.68 Å². The molecule has 7 heteroatoms. The van der Waals surface area contributed by atoms with Crippen molar-refractivity contribution in [2.45, 2.75) is 76.8 Å². The predicted octanol–water partition coefficient (Wildman–Crippen LogP) is 3.77. The van der Waals surface area contributed by atoms with Crippen molar-refractivity contribution in [3.63, 3.8) is 0 Å². The molecule has 0 saturated heterocycles. The Labute approximate surface area is 160 Å². The van der Waals surface area contributed by atoms with Crippen LogP contribution in [0.15, 0.2) is 18.3 Å². The quantitative estimate of drug-likeness (QED) is 0.777. The fraction of sp³-hybridized carbons (Fsp3) is 0.600. The first-order valence-electron chi connectivity index (χ1n) is 10.2. The maximum atomic E-state index is 12.5. The van der Waals surface area contributed by atoms with Crippen molar-refractivity contribution < 1.29 is 4.79 Å². The van der Waals surface area contributed by atoms with Crippen LogP contribution in [0.3, 0.4) is 0 Å². The topological polar surface area (TPSA) is 84.7 Å². The lowest BCUT2D eigenvalue weighted by atomic mass is 9.95. The van der Waals surface area contributed by atoms with Crippen LogP contribution in [0.4, 0.5) is 11.6 Å². The van der Waals surface area contributed by atoms with E-state index in [-0.39, 0.29) is 17.8 Å². The van der Waals surface area contributed by atoms with Crippen LogP contribution >= 0.6 is 0 Å². The van der Waals surface area contributed by atoms with Crippen LogP contribution in [-0.4, -0.2) is 31.7 Å². The van der Waals surface area contributed by atoms with E-state index in [0.717, 1.165) is 37.3 Å². The third-order valence-corrected chi connectivity index (χ3v) is 5.29. The van der Waals surface area contributed by atoms with Crippen molar-refractivity contribution in [1.29, 1.82) is 0 Å². The Morgan fingerprint density at radius 3 is 2.78 bits per heavy atom. The lowest BCUT2D eigenvalue weighted by Gasteiger charge is -2.22. The summed E-state index contributed by atoms with van der Waals surface area (Å²) in [5, 5.41) is 11.1. The van der Waals surface area contributed by atoms with E-state index in [1.54, 1.807) is 12.3 Å². The Kier molecular flexibility index (Phi) is 5.36. The van der Waals surface area contributed by atoms with Gasteiger partial charge >= 0.3 is 0 Å². The van der Waals surface area contributed by atoms with Gasteiger partial charge in [-0.15, -0.1) is 0 Å². The van der Waals surface area contributed by atoms with E-state index in [1.165, 1.54) is 32.1 Å². The summed E-state index contributed by atoms with van der Waals surface area (Å²) in [5.74, 6) is 2.18. The summed E-state index contributed by atoms with van der Waals surface area (Å²) in [4.78, 5) is 21.1. The molecular weight excluding hydrogens is 340 g/mol. The third-order valence-electron chi connectivity index (χ3n) is 5.29. The van der Waals surface area contributed by atoms with Crippen LogP contribution < -0.4 is 10.6 Å². The summed E-state index contributed by atoms with van der Waals surface area (Å²) in [7, 11) is 0. The number of carbonyl (C=O) groups is 1. The zero-order valence-electron chi connectivity index (χ0n) is 15.9. The lowest BCUT2D eigenvalue weighted by Crippen LogP contribution is -2.37. The first-order valence-corrected chi connectivity index (χ1v) is 10.2. The van der Waals surface area contributed by atoms with Gasteiger partial charge in [0.1, 0.15) is 11.6 Å². The summed E-state index contributed by atoms with van der Waals surface area (Å²) in [6, 6.07) is 4.15. The van der Waals surface area contributed by atoms with Crippen LogP contribution in [0.2, 0.25) is 0 Å². The van der Waals surface area contributed by atoms with E-state index < -0.39 is 0 Å². The number of amides is 1. The highest BCUT2D eigenvalue weighted by Crippen LogP contribution is 2.40. The van der Waals surface area contributed by atoms with Crippen LogP contribution in [0.5, 0.6) is 0 Å². The average molecular weight is 368 g/mol. The van der Waals surface area contributed by atoms with Gasteiger partial charge in [0.25, 0.3) is 5.91 Å². The number of anilines is 2. The second-order valence-electron chi connectivity index (χ2n) is 7.65. The molecule has 27 heavy (non-hydrogen) atoms. The molecule has 0 aromatic carbocycles. The Hall–Kier alpha value is -2.44. The molecule has 2 aliphatic carbocycles. The predicted molar refractivity (Wildman–Crippen MR) is 104 cm³/mol. The van der Waals surface area contributed by atoms with Gasteiger partial charge in [-0.2, -0.15) is 5.10 Å². The van der Waals surface area contributed by atoms with E-state index in [0.29, 0.717) is 11.7 Å². The first kappa shape index (κ1) is 17.9. The van der Waals surface area contributed by atoms with Gasteiger partial charge in [-0.05, 0) is 38.2 Å². The second kappa shape index (κ2) is 8.06. The summed E-state index contributed by atoms with van der Waals surface area (Å²) in [5.41, 5.74) is 1.15. The van der Waals surface area contributed by atoms with Crippen LogP contribution in [-0.2, 0) is 6.54 Å². The van der Waals surface area contributed by atoms with Crippen molar-refractivity contribution in [3.05, 3.63) is 29.8 Å². The summed E-state index contributed by atoms with van der Waals surface area (Å²) < 4.78 is 2.00. The number of hydrogen-bond donors (Lipinski definition) is 2. The molecule has 2 saturated carbocycles. The van der Waals surface area contributed by atoms with Crippen LogP contribution in [0, 0.1) is 0 Å². The standard InChI is InChI=1S/C20H28N6O/c1-2-12-26-18(13-16(25-26)14-8-9-14)23-17-10-11-21-19(24-17)20(27)22-15-6-4-3-5-7-15/h10-11,13-15H,2-9,12H2,1H3,(H,22,27)(H,21,23,24). The SMILES string of the molecule is CCCn1nc(C2CC2)cc1Nc1ccnc(C(=O)NC2CCCCC2)n1. The minimum Gasteiger partial charge on any atom is -0.347 e. The van der Waals surface area contributed by atoms with Gasteiger partial charge in [0.2, 0.25) is 5.82 Å². The molecule has 2 aromatic rings. The number of aryl methyl sites for hydroxylation is 1. The zero-order valence-corrected chi connectivity index (χ0v) is 15.9. The number of nitrogens with zero attached hydrogens (tertiary/aromatic N) is 4. The highest BCUT2D eigenvalue weighted by atomic mass is 16.2. The van der Waals surface area contributed by atoms with Gasteiger partial charge in [0.15, 0.2) is 0 Å². The van der Waals surface area contributed by atoms with Crippen molar-refractivity contribution in [2.75, 3.05) is 5.32 Å². The molecule has 2 aliphatic rings. The molecule has 0 unspecified atom stereocenters. The number of aromatic nitrogens is 4. The summed E-state index contributed by atoms with van der Waals surface area (Å²) in [6.45, 7) is 3.00. The fourth-order valence-corrected chi connectivity index (χ4v) is 3.66. The molecule has 7 nitrogen and oxygen atoms in total. The third kappa shape index (κ3) is 4.46. The van der Waals surface area contributed by atoms with E-state index in [2.05, 4.69) is 33.6 Å². The van der Waals surface area contributed by atoms with E-state index in [4.69, 9.17) is 5.10 Å². The molecule has 2 heterocycles. The smallest absolute Gasteiger partial charge is 0.289 e. The van der Waals surface area contributed by atoms with E-state index in [9.17, 15) is 4.79 Å². The van der Waals surface area contributed by atoms with Crippen LogP contribution in [0.25, 0.3) is 0 Å². The molecule has 2 N–H and O–H groups in total. The Morgan fingerprint density at radius 1 is 1.22 bits per heavy atom. The van der Waals surface area contributed by atoms with Crippen LogP contribution in [0.1, 0.15) is 80.5 Å². The molecule has 0 radical (unpaired) electrons. The van der Waals surface area contributed by atoms with Gasteiger partial charge in [-0.25, -0.2) is 14.6 Å². The minimum atomic E-state index is -0.189. The highest BCUT2D eigenvalue weighted by Gasteiger charge is 2.27. The first-order chi connectivity index (χ1) is 13.2. The Bertz CT molecular complexity index is 792. The molecule has 2 fully saturated rings. The summed E-state index contributed by atoms with van der Waals surface area (Å²) >= 11 is 0. The number of nitrogens with one attached hydrogen (secondary N) is 2. The van der Waals surface area contributed by atoms with Gasteiger partial charge in [0.05, 0.1) is 5.69 Å². The molecule has 4 rings (SSSR count). The lowest BCUT2D eigenvalue weighted by molar-refractivity contribution is 0.0917. The monoisotopic (exact) mass is 368 g/mol. The summed E-state index contributed by atoms with van der Waals surface area (Å²) in [6.07, 6.45) is 10.8. The molecular formula is C20H28N6O. The molecule has 144 valence electrons. The fourth-order valence-electron chi connectivity index (χ4n) is 3.66. The maximum absolute atomic E-state index is 12.5. The normalized spacial score (nSPS) is 17.7. The minimum absolute atomic E-state index is 0.189. The number of hydrogen-bond acceptors (Lipinski definition) is 5. The van der Waals surface area contributed by atoms with E-state index >= 15 is 0 Å². The van der Waals surface area contributed by atoms with Crippen molar-refractivity contribution in [2.24, 2.45) is 0 Å². The largest absolute Gasteiger partial charge is 0.347 e. The molecule has 0 spiro atoms. The second-order valence-corrected chi connectivity index (χ2v) is 7.65. The zero-order chi connectivity index (χ0) is 18.6. The molecule has 2 aromatic heterocycles. The number of carbonyl (C=O) groups excluding carboxylic acids is 1. The van der Waals surface area contributed by atoms with Crippen molar-refractivity contribution in [3.8, 4) is 0 Å². The van der Waals surface area contributed by atoms with Gasteiger partial charge in [0, 0.05) is 30.8 Å². The molecule has 0 atom stereocenters.